The van der Waals surface area contributed by atoms with Gasteiger partial charge in [-0.1, -0.05) is 0 Å². The average Bonchev–Trinajstić information content (AvgIpc) is 3.19. The van der Waals surface area contributed by atoms with Gasteiger partial charge in [-0.25, -0.2) is 0 Å². The molecule has 3 aromatic rings. The van der Waals surface area contributed by atoms with Crippen molar-refractivity contribution in [2.24, 2.45) is 0 Å². The predicted molar refractivity (Wildman–Crippen MR) is 115 cm³/mol. The van der Waals surface area contributed by atoms with Crippen molar-refractivity contribution >= 4 is 0 Å². The molecule has 0 spiro atoms. The first kappa shape index (κ1) is 20.2. The van der Waals surface area contributed by atoms with Crippen LogP contribution in [0.15, 0.2) is 48.7 Å². The van der Waals surface area contributed by atoms with Gasteiger partial charge in [-0.15, -0.1) is 0 Å². The molecule has 0 saturated carbocycles. The van der Waals surface area contributed by atoms with Crippen LogP contribution in [0.3, 0.4) is 0 Å². The summed E-state index contributed by atoms with van der Waals surface area (Å²) in [5.74, 6) is 3.05. The van der Waals surface area contributed by atoms with Gasteiger partial charge in [0.1, 0.15) is 6.54 Å². The molecule has 0 bridgehead atoms. The SMILES string of the molecule is CCOc1cc2c(cc1OCC)-n1cccc1C(c1ccc(OC)c(OC)c1)[NH2+]C2. The van der Waals surface area contributed by atoms with E-state index in [4.69, 9.17) is 18.9 Å². The van der Waals surface area contributed by atoms with Crippen LogP contribution in [-0.2, 0) is 6.54 Å². The molecule has 0 radical (unpaired) electrons. The summed E-state index contributed by atoms with van der Waals surface area (Å²) in [6.45, 7) is 6.00. The van der Waals surface area contributed by atoms with Crippen LogP contribution >= 0.6 is 0 Å². The second-order valence-electron chi connectivity index (χ2n) is 7.13. The van der Waals surface area contributed by atoms with Gasteiger partial charge in [-0.05, 0) is 50.2 Å². The monoisotopic (exact) mass is 409 g/mol. The van der Waals surface area contributed by atoms with Crippen LogP contribution in [-0.4, -0.2) is 32.0 Å². The highest BCUT2D eigenvalue weighted by atomic mass is 16.5. The summed E-state index contributed by atoms with van der Waals surface area (Å²) in [7, 11) is 3.32. The molecule has 2 heterocycles. The number of quaternary nitrogens is 1. The minimum Gasteiger partial charge on any atom is -0.493 e. The minimum atomic E-state index is 0.123. The van der Waals surface area contributed by atoms with Crippen LogP contribution < -0.4 is 24.3 Å². The lowest BCUT2D eigenvalue weighted by Crippen LogP contribution is -2.83. The van der Waals surface area contributed by atoms with Gasteiger partial charge in [0.05, 0.1) is 38.8 Å². The fourth-order valence-corrected chi connectivity index (χ4v) is 4.10. The van der Waals surface area contributed by atoms with Crippen LogP contribution in [0.1, 0.15) is 36.7 Å². The van der Waals surface area contributed by atoms with E-state index in [0.29, 0.717) is 13.2 Å². The molecular weight excluding hydrogens is 380 g/mol. The Labute approximate surface area is 177 Å². The van der Waals surface area contributed by atoms with Crippen LogP contribution in [0.5, 0.6) is 23.0 Å². The van der Waals surface area contributed by atoms with E-state index in [1.807, 2.05) is 19.9 Å². The Hall–Kier alpha value is -3.12. The Balaban J connectivity index is 1.79. The van der Waals surface area contributed by atoms with Gasteiger partial charge < -0.3 is 28.8 Å². The number of benzene rings is 2. The van der Waals surface area contributed by atoms with Crippen molar-refractivity contribution in [2.75, 3.05) is 27.4 Å². The maximum atomic E-state index is 5.88. The Bertz CT molecular complexity index is 1030. The van der Waals surface area contributed by atoms with Crippen LogP contribution in [0, 0.1) is 0 Å². The smallest absolute Gasteiger partial charge is 0.163 e. The normalized spacial score (nSPS) is 15.0. The number of nitrogens with zero attached hydrogens (tertiary/aromatic N) is 1. The summed E-state index contributed by atoms with van der Waals surface area (Å²) in [6.07, 6.45) is 2.11. The third-order valence-corrected chi connectivity index (χ3v) is 5.44. The molecule has 0 aliphatic carbocycles. The van der Waals surface area contributed by atoms with E-state index in [0.717, 1.165) is 40.8 Å². The number of rotatable bonds is 7. The van der Waals surface area contributed by atoms with E-state index in [-0.39, 0.29) is 6.04 Å². The second-order valence-corrected chi connectivity index (χ2v) is 7.13. The molecule has 1 unspecified atom stereocenters. The number of aromatic nitrogens is 1. The van der Waals surface area contributed by atoms with Crippen molar-refractivity contribution in [3.63, 3.8) is 0 Å². The lowest BCUT2D eigenvalue weighted by atomic mass is 10.0. The number of methoxy groups -OCH3 is 2. The van der Waals surface area contributed by atoms with Crippen LogP contribution in [0.4, 0.5) is 0 Å². The van der Waals surface area contributed by atoms with Crippen molar-refractivity contribution in [3.05, 3.63) is 65.5 Å². The second kappa shape index (κ2) is 8.71. The molecule has 4 rings (SSSR count). The molecule has 6 nitrogen and oxygen atoms in total. The Morgan fingerprint density at radius 3 is 2.33 bits per heavy atom. The molecule has 0 amide bonds. The summed E-state index contributed by atoms with van der Waals surface area (Å²) in [6, 6.07) is 14.7. The van der Waals surface area contributed by atoms with E-state index in [9.17, 15) is 0 Å². The Kier molecular flexibility index (Phi) is 5.86. The molecule has 2 N–H and O–H groups in total. The Morgan fingerprint density at radius 1 is 0.900 bits per heavy atom. The molecule has 158 valence electrons. The first-order chi connectivity index (χ1) is 14.7. The topological polar surface area (TPSA) is 58.5 Å². The van der Waals surface area contributed by atoms with Gasteiger partial charge in [0.25, 0.3) is 0 Å². The maximum Gasteiger partial charge on any atom is 0.163 e. The van der Waals surface area contributed by atoms with Gasteiger partial charge in [0.15, 0.2) is 29.0 Å². The van der Waals surface area contributed by atoms with Gasteiger partial charge in [0.2, 0.25) is 0 Å². The number of nitrogens with two attached hydrogens (primary N) is 1. The minimum absolute atomic E-state index is 0.123. The molecule has 1 atom stereocenters. The van der Waals surface area contributed by atoms with E-state index in [1.165, 1.54) is 11.3 Å². The average molecular weight is 410 g/mol. The number of hydrogen-bond donors (Lipinski definition) is 1. The molecule has 0 fully saturated rings. The number of ether oxygens (including phenoxy) is 4. The molecule has 30 heavy (non-hydrogen) atoms. The zero-order chi connectivity index (χ0) is 21.1. The third kappa shape index (κ3) is 3.59. The maximum absolute atomic E-state index is 5.88. The largest absolute Gasteiger partial charge is 0.493 e. The van der Waals surface area contributed by atoms with Crippen molar-refractivity contribution in [3.8, 4) is 28.7 Å². The predicted octanol–water partition coefficient (Wildman–Crippen LogP) is 3.46. The van der Waals surface area contributed by atoms with Crippen molar-refractivity contribution in [1.29, 1.82) is 0 Å². The molecule has 1 aliphatic rings. The summed E-state index contributed by atoms with van der Waals surface area (Å²) in [5.41, 5.74) is 4.70. The van der Waals surface area contributed by atoms with Crippen molar-refractivity contribution in [2.45, 2.75) is 26.4 Å². The summed E-state index contributed by atoms with van der Waals surface area (Å²) in [5, 5.41) is 2.34. The lowest BCUT2D eigenvalue weighted by molar-refractivity contribution is -0.702. The van der Waals surface area contributed by atoms with Gasteiger partial charge >= 0.3 is 0 Å². The molecule has 6 heteroatoms. The van der Waals surface area contributed by atoms with Gasteiger partial charge in [-0.3, -0.25) is 0 Å². The fourth-order valence-electron chi connectivity index (χ4n) is 4.10. The van der Waals surface area contributed by atoms with E-state index in [1.54, 1.807) is 14.2 Å². The van der Waals surface area contributed by atoms with Crippen LogP contribution in [0.2, 0.25) is 0 Å². The van der Waals surface area contributed by atoms with E-state index < -0.39 is 0 Å². The fraction of sp³-hybridized carbons (Fsp3) is 0.333. The molecule has 1 aromatic heterocycles. The quantitative estimate of drug-likeness (QED) is 0.649. The molecular formula is C24H29N2O4+. The summed E-state index contributed by atoms with van der Waals surface area (Å²) in [4.78, 5) is 0. The van der Waals surface area contributed by atoms with Crippen LogP contribution in [0.25, 0.3) is 5.69 Å². The molecule has 1 aliphatic heterocycles. The highest BCUT2D eigenvalue weighted by Gasteiger charge is 2.28. The molecule has 2 aromatic carbocycles. The van der Waals surface area contributed by atoms with E-state index in [2.05, 4.69) is 52.5 Å². The van der Waals surface area contributed by atoms with E-state index >= 15 is 0 Å². The summed E-state index contributed by atoms with van der Waals surface area (Å²) >= 11 is 0. The lowest BCUT2D eigenvalue weighted by Gasteiger charge is -2.17. The zero-order valence-corrected chi connectivity index (χ0v) is 18.0. The highest BCUT2D eigenvalue weighted by molar-refractivity contribution is 5.56. The van der Waals surface area contributed by atoms with Crippen molar-refractivity contribution in [1.82, 2.24) is 4.57 Å². The third-order valence-electron chi connectivity index (χ3n) is 5.44. The first-order valence-corrected chi connectivity index (χ1v) is 10.4. The highest BCUT2D eigenvalue weighted by Crippen LogP contribution is 2.37. The standard InChI is InChI=1S/C24H28N2O4/c1-5-29-22-13-17-15-25-24(16-9-10-20(27-3)21(12-16)28-4)18-8-7-11-26(18)19(17)14-23(22)30-6-2/h7-14,24-25H,5-6,15H2,1-4H3/p+1. The summed E-state index contributed by atoms with van der Waals surface area (Å²) < 4.78 is 24.9. The number of hydrogen-bond acceptors (Lipinski definition) is 4. The molecule has 0 saturated heterocycles. The van der Waals surface area contributed by atoms with Gasteiger partial charge in [0, 0.05) is 23.4 Å². The first-order valence-electron chi connectivity index (χ1n) is 10.4. The van der Waals surface area contributed by atoms with Gasteiger partial charge in [-0.2, -0.15) is 0 Å². The Morgan fingerprint density at radius 2 is 1.63 bits per heavy atom. The number of fused-ring (bicyclic) bond motifs is 3. The zero-order valence-electron chi connectivity index (χ0n) is 18.0. The van der Waals surface area contributed by atoms with Crippen molar-refractivity contribution < 1.29 is 24.3 Å².